The van der Waals surface area contributed by atoms with Gasteiger partial charge >= 0.3 is 0 Å². The highest BCUT2D eigenvalue weighted by atomic mass is 32.1. The number of benzene rings is 1. The lowest BCUT2D eigenvalue weighted by molar-refractivity contribution is 0.172. The average molecular weight is 301 g/mol. The zero-order valence-electron chi connectivity index (χ0n) is 12.6. The molecular formula is C18H23NOS. The Bertz CT molecular complexity index is 579. The van der Waals surface area contributed by atoms with Crippen molar-refractivity contribution >= 4 is 11.3 Å². The Morgan fingerprint density at radius 1 is 1.29 bits per heavy atom. The summed E-state index contributed by atoms with van der Waals surface area (Å²) < 4.78 is 0. The van der Waals surface area contributed by atoms with Gasteiger partial charge in [0.2, 0.25) is 0 Å². The van der Waals surface area contributed by atoms with Crippen molar-refractivity contribution in [3.63, 3.8) is 0 Å². The van der Waals surface area contributed by atoms with Gasteiger partial charge in [0.25, 0.3) is 0 Å². The summed E-state index contributed by atoms with van der Waals surface area (Å²) in [5.41, 5.74) is 2.50. The largest absolute Gasteiger partial charge is 0.508 e. The second-order valence-electron chi connectivity index (χ2n) is 5.86. The first-order valence-electron chi connectivity index (χ1n) is 7.84. The molecule has 3 rings (SSSR count). The van der Waals surface area contributed by atoms with Crippen LogP contribution < -0.4 is 0 Å². The minimum atomic E-state index is 0.478. The Morgan fingerprint density at radius 3 is 2.95 bits per heavy atom. The Hall–Kier alpha value is -1.32. The maximum Gasteiger partial charge on any atom is 0.119 e. The van der Waals surface area contributed by atoms with Crippen LogP contribution in [0.4, 0.5) is 0 Å². The van der Waals surface area contributed by atoms with Crippen LogP contribution in [0.25, 0.3) is 0 Å². The van der Waals surface area contributed by atoms with E-state index in [4.69, 9.17) is 0 Å². The van der Waals surface area contributed by atoms with Crippen molar-refractivity contribution in [1.29, 1.82) is 0 Å². The van der Waals surface area contributed by atoms with Gasteiger partial charge in [-0.2, -0.15) is 0 Å². The number of aromatic hydroxyl groups is 1. The molecule has 0 aliphatic heterocycles. The number of thiophene rings is 1. The van der Waals surface area contributed by atoms with E-state index >= 15 is 0 Å². The first kappa shape index (κ1) is 14.6. The third-order valence-electron chi connectivity index (χ3n) is 4.40. The molecule has 1 aliphatic rings. The molecule has 2 nitrogen and oxygen atoms in total. The van der Waals surface area contributed by atoms with Crippen LogP contribution in [0, 0.1) is 0 Å². The molecule has 1 unspecified atom stereocenters. The van der Waals surface area contributed by atoms with Gasteiger partial charge in [-0.15, -0.1) is 11.3 Å². The first-order chi connectivity index (χ1) is 10.3. The van der Waals surface area contributed by atoms with Crippen LogP contribution in [0.15, 0.2) is 35.7 Å². The summed E-state index contributed by atoms with van der Waals surface area (Å²) in [5, 5.41) is 12.1. The van der Waals surface area contributed by atoms with Crippen molar-refractivity contribution in [3.8, 4) is 5.75 Å². The van der Waals surface area contributed by atoms with E-state index in [1.807, 2.05) is 23.5 Å². The fourth-order valence-corrected chi connectivity index (χ4v) is 4.09. The Morgan fingerprint density at radius 2 is 2.19 bits per heavy atom. The Labute approximate surface area is 131 Å². The third kappa shape index (κ3) is 3.30. The number of phenols is 1. The lowest BCUT2D eigenvalue weighted by Crippen LogP contribution is -2.39. The van der Waals surface area contributed by atoms with Crippen molar-refractivity contribution in [1.82, 2.24) is 4.90 Å². The number of rotatable bonds is 5. The number of nitrogens with zero attached hydrogens (tertiary/aromatic N) is 1. The Kier molecular flexibility index (Phi) is 4.61. The van der Waals surface area contributed by atoms with E-state index in [2.05, 4.69) is 35.4 Å². The molecular weight excluding hydrogens is 278 g/mol. The molecule has 0 fully saturated rings. The molecule has 0 saturated heterocycles. The smallest absolute Gasteiger partial charge is 0.119 e. The van der Waals surface area contributed by atoms with Crippen LogP contribution in [0.5, 0.6) is 5.75 Å². The van der Waals surface area contributed by atoms with Crippen molar-refractivity contribution in [2.75, 3.05) is 6.54 Å². The molecule has 2 aromatic rings. The van der Waals surface area contributed by atoms with E-state index in [0.29, 0.717) is 11.8 Å². The summed E-state index contributed by atoms with van der Waals surface area (Å²) in [4.78, 5) is 4.07. The van der Waals surface area contributed by atoms with Crippen LogP contribution in [-0.4, -0.2) is 22.6 Å². The van der Waals surface area contributed by atoms with E-state index in [9.17, 15) is 5.11 Å². The van der Waals surface area contributed by atoms with Gasteiger partial charge in [-0.3, -0.25) is 4.90 Å². The molecule has 112 valence electrons. The minimum absolute atomic E-state index is 0.478. The van der Waals surface area contributed by atoms with Gasteiger partial charge in [0.15, 0.2) is 0 Å². The standard InChI is InChI=1S/C18H23NOS/c1-2-10-19(13-16-6-4-11-21-16)15-8-9-17-14(12-15)5-3-7-18(17)20/h3-7,11,15,20H,2,8-10,12-13H2,1H3. The maximum atomic E-state index is 9.98. The quantitative estimate of drug-likeness (QED) is 0.893. The number of phenolic OH excluding ortho intramolecular Hbond substituents is 1. The molecule has 0 saturated carbocycles. The fraction of sp³-hybridized carbons (Fsp3) is 0.444. The number of hydrogen-bond donors (Lipinski definition) is 1. The average Bonchev–Trinajstić information content (AvgIpc) is 3.00. The van der Waals surface area contributed by atoms with Crippen LogP contribution in [0.1, 0.15) is 35.8 Å². The van der Waals surface area contributed by atoms with Crippen LogP contribution >= 0.6 is 11.3 Å². The van der Waals surface area contributed by atoms with Gasteiger partial charge in [-0.25, -0.2) is 0 Å². The molecule has 0 amide bonds. The molecule has 1 N–H and O–H groups in total. The van der Waals surface area contributed by atoms with Gasteiger partial charge < -0.3 is 5.11 Å². The molecule has 1 aromatic carbocycles. The van der Waals surface area contributed by atoms with Gasteiger partial charge in [0.1, 0.15) is 5.75 Å². The van der Waals surface area contributed by atoms with E-state index in [1.54, 1.807) is 0 Å². The van der Waals surface area contributed by atoms with Crippen LogP contribution in [0.2, 0.25) is 0 Å². The predicted molar refractivity (Wildman–Crippen MR) is 88.9 cm³/mol. The molecule has 0 radical (unpaired) electrons. The highest BCUT2D eigenvalue weighted by Crippen LogP contribution is 2.31. The summed E-state index contributed by atoms with van der Waals surface area (Å²) >= 11 is 1.85. The van der Waals surface area contributed by atoms with Crippen molar-refractivity contribution in [2.24, 2.45) is 0 Å². The summed E-state index contributed by atoms with van der Waals surface area (Å²) in [5.74, 6) is 0.478. The molecule has 3 heteroatoms. The normalized spacial score (nSPS) is 17.9. The predicted octanol–water partition coefficient (Wildman–Crippen LogP) is 4.22. The summed E-state index contributed by atoms with van der Waals surface area (Å²) in [7, 11) is 0. The maximum absolute atomic E-state index is 9.98. The van der Waals surface area contributed by atoms with E-state index in [1.165, 1.54) is 22.4 Å². The molecule has 21 heavy (non-hydrogen) atoms. The molecule has 0 spiro atoms. The third-order valence-corrected chi connectivity index (χ3v) is 5.26. The highest BCUT2D eigenvalue weighted by Gasteiger charge is 2.25. The second-order valence-corrected chi connectivity index (χ2v) is 6.89. The lowest BCUT2D eigenvalue weighted by atomic mass is 9.86. The molecule has 1 atom stereocenters. The van der Waals surface area contributed by atoms with Gasteiger partial charge in [-0.05, 0) is 60.9 Å². The summed E-state index contributed by atoms with van der Waals surface area (Å²) in [6.07, 6.45) is 4.40. The molecule has 1 aromatic heterocycles. The molecule has 1 heterocycles. The van der Waals surface area contributed by atoms with Gasteiger partial charge in [0.05, 0.1) is 0 Å². The second kappa shape index (κ2) is 6.63. The highest BCUT2D eigenvalue weighted by molar-refractivity contribution is 7.09. The minimum Gasteiger partial charge on any atom is -0.508 e. The van der Waals surface area contributed by atoms with Crippen LogP contribution in [-0.2, 0) is 19.4 Å². The van der Waals surface area contributed by atoms with Crippen molar-refractivity contribution in [3.05, 3.63) is 51.7 Å². The topological polar surface area (TPSA) is 23.5 Å². The summed E-state index contributed by atoms with van der Waals surface area (Å²) in [6, 6.07) is 10.9. The SMILES string of the molecule is CCCN(Cc1cccs1)C1CCc2c(O)cccc2C1. The van der Waals surface area contributed by atoms with Gasteiger partial charge in [-0.1, -0.05) is 25.1 Å². The van der Waals surface area contributed by atoms with Crippen molar-refractivity contribution in [2.45, 2.75) is 45.2 Å². The fourth-order valence-electron chi connectivity index (χ4n) is 3.36. The zero-order chi connectivity index (χ0) is 14.7. The monoisotopic (exact) mass is 301 g/mol. The van der Waals surface area contributed by atoms with Gasteiger partial charge in [0, 0.05) is 17.5 Å². The van der Waals surface area contributed by atoms with Crippen LogP contribution in [0.3, 0.4) is 0 Å². The van der Waals surface area contributed by atoms with E-state index in [0.717, 1.165) is 32.4 Å². The number of fused-ring (bicyclic) bond motifs is 1. The molecule has 1 aliphatic carbocycles. The van der Waals surface area contributed by atoms with E-state index in [-0.39, 0.29) is 0 Å². The summed E-state index contributed by atoms with van der Waals surface area (Å²) in [6.45, 7) is 4.46. The Balaban J connectivity index is 1.75. The first-order valence-corrected chi connectivity index (χ1v) is 8.72. The molecule has 0 bridgehead atoms. The number of hydrogen-bond acceptors (Lipinski definition) is 3. The van der Waals surface area contributed by atoms with Crippen molar-refractivity contribution < 1.29 is 5.11 Å². The zero-order valence-corrected chi connectivity index (χ0v) is 13.4. The lowest BCUT2D eigenvalue weighted by Gasteiger charge is -2.35. The van der Waals surface area contributed by atoms with E-state index < -0.39 is 0 Å².